The van der Waals surface area contributed by atoms with Crippen molar-refractivity contribution in [2.75, 3.05) is 32.9 Å². The van der Waals surface area contributed by atoms with Crippen LogP contribution in [0.1, 0.15) is 48.8 Å². The molecule has 0 aromatic heterocycles. The third-order valence-electron chi connectivity index (χ3n) is 9.08. The van der Waals surface area contributed by atoms with Crippen LogP contribution in [0.3, 0.4) is 0 Å². The van der Waals surface area contributed by atoms with Crippen LogP contribution in [-0.4, -0.2) is 54.9 Å². The number of hydrogen-bond acceptors (Lipinski definition) is 5. The summed E-state index contributed by atoms with van der Waals surface area (Å²) >= 11 is 0. The van der Waals surface area contributed by atoms with E-state index in [0.717, 1.165) is 70.5 Å². The highest BCUT2D eigenvalue weighted by molar-refractivity contribution is 5.86. The van der Waals surface area contributed by atoms with E-state index in [9.17, 15) is 9.90 Å². The smallest absolute Gasteiger partial charge is 0.257 e. The molecule has 6 nitrogen and oxygen atoms in total. The van der Waals surface area contributed by atoms with Crippen LogP contribution in [0.25, 0.3) is 0 Å². The van der Waals surface area contributed by atoms with E-state index in [0.29, 0.717) is 30.1 Å². The Morgan fingerprint density at radius 2 is 1.83 bits per heavy atom. The molecule has 4 atom stereocenters. The number of piperidine rings is 1. The van der Waals surface area contributed by atoms with Gasteiger partial charge in [0.1, 0.15) is 5.75 Å². The van der Waals surface area contributed by atoms with Gasteiger partial charge in [-0.1, -0.05) is 61.7 Å². The lowest BCUT2D eigenvalue weighted by molar-refractivity contribution is -0.149. The van der Waals surface area contributed by atoms with Crippen LogP contribution in [0.4, 0.5) is 0 Å². The first-order chi connectivity index (χ1) is 17.6. The van der Waals surface area contributed by atoms with Crippen LogP contribution < -0.4 is 15.4 Å². The van der Waals surface area contributed by atoms with E-state index < -0.39 is 5.60 Å². The van der Waals surface area contributed by atoms with E-state index in [1.807, 2.05) is 30.3 Å². The predicted molar refractivity (Wildman–Crippen MR) is 140 cm³/mol. The maximum Gasteiger partial charge on any atom is 0.257 e. The highest BCUT2D eigenvalue weighted by Crippen LogP contribution is 2.45. The fraction of sp³-hybridized carbons (Fsp3) is 0.567. The summed E-state index contributed by atoms with van der Waals surface area (Å²) in [6, 6.07) is 16.6. The number of nitrogens with zero attached hydrogens (tertiary/aromatic N) is 1. The van der Waals surface area contributed by atoms with Gasteiger partial charge in [-0.2, -0.15) is 0 Å². The number of aliphatic hydroxyl groups is 1. The lowest BCUT2D eigenvalue weighted by atomic mass is 9.73. The van der Waals surface area contributed by atoms with Crippen molar-refractivity contribution in [3.8, 4) is 5.75 Å². The van der Waals surface area contributed by atoms with Gasteiger partial charge in [0.25, 0.3) is 5.91 Å². The van der Waals surface area contributed by atoms with Crippen molar-refractivity contribution in [3.63, 3.8) is 0 Å². The van der Waals surface area contributed by atoms with Crippen molar-refractivity contribution in [2.24, 2.45) is 17.8 Å². The van der Waals surface area contributed by atoms with Crippen LogP contribution in [-0.2, 0) is 23.2 Å². The molecule has 2 unspecified atom stereocenters. The third kappa shape index (κ3) is 4.67. The Morgan fingerprint density at radius 1 is 1.06 bits per heavy atom. The molecule has 3 N–H and O–H groups in total. The minimum atomic E-state index is -1.46. The third-order valence-corrected chi connectivity index (χ3v) is 9.08. The fourth-order valence-corrected chi connectivity index (χ4v) is 6.93. The minimum Gasteiger partial charge on any atom is -0.493 e. The normalized spacial score (nSPS) is 27.1. The molecule has 0 radical (unpaired) electrons. The SMILES string of the molecule is O=C(NCNC1[C@H]2CN(CCc3ccc4c(c3)CCO4)C[C@@H]12)C(O)(c1ccccc1)C1CCCCC1. The highest BCUT2D eigenvalue weighted by Gasteiger charge is 2.55. The molecule has 4 aliphatic rings. The predicted octanol–water partition coefficient (Wildman–Crippen LogP) is 3.23. The zero-order chi connectivity index (χ0) is 24.5. The van der Waals surface area contributed by atoms with E-state index in [1.54, 1.807) is 0 Å². The first kappa shape index (κ1) is 24.0. The van der Waals surface area contributed by atoms with E-state index in [4.69, 9.17) is 4.74 Å². The van der Waals surface area contributed by atoms with Crippen LogP contribution in [0, 0.1) is 17.8 Å². The summed E-state index contributed by atoms with van der Waals surface area (Å²) in [5.74, 6) is 2.10. The maximum absolute atomic E-state index is 13.3. The maximum atomic E-state index is 13.3. The van der Waals surface area contributed by atoms with Crippen molar-refractivity contribution in [3.05, 3.63) is 65.2 Å². The summed E-state index contributed by atoms with van der Waals surface area (Å²) in [5, 5.41) is 18.3. The van der Waals surface area contributed by atoms with Gasteiger partial charge in [0.15, 0.2) is 5.60 Å². The molecule has 0 spiro atoms. The second-order valence-electron chi connectivity index (χ2n) is 11.3. The summed E-state index contributed by atoms with van der Waals surface area (Å²) in [4.78, 5) is 15.9. The summed E-state index contributed by atoms with van der Waals surface area (Å²) < 4.78 is 5.62. The first-order valence-electron chi connectivity index (χ1n) is 13.9. The van der Waals surface area contributed by atoms with Crippen LogP contribution in [0.5, 0.6) is 5.75 Å². The molecule has 2 saturated carbocycles. The zero-order valence-corrected chi connectivity index (χ0v) is 21.1. The average Bonchev–Trinajstić information content (AvgIpc) is 3.26. The molecule has 3 fully saturated rings. The van der Waals surface area contributed by atoms with Gasteiger partial charge in [0, 0.05) is 38.0 Å². The Labute approximate surface area is 214 Å². The summed E-state index contributed by atoms with van der Waals surface area (Å²) in [7, 11) is 0. The van der Waals surface area contributed by atoms with Crippen LogP contribution in [0.2, 0.25) is 0 Å². The van der Waals surface area contributed by atoms with Crippen molar-refractivity contribution >= 4 is 5.91 Å². The van der Waals surface area contributed by atoms with Gasteiger partial charge in [-0.05, 0) is 53.9 Å². The van der Waals surface area contributed by atoms with Gasteiger partial charge >= 0.3 is 0 Å². The number of benzene rings is 2. The number of amides is 1. The lowest BCUT2D eigenvalue weighted by Gasteiger charge is -2.37. The standard InChI is InChI=1S/C30H39N3O3/c34-29(30(35,23-7-3-1-4-8-23)24-9-5-2-6-10-24)32-20-31-28-25-18-33(19-26(25)28)15-13-21-11-12-27-22(17-21)14-16-36-27/h1,3-4,7-8,11-12,17,24-26,28,31,35H,2,5-6,9-10,13-16,18-20H2,(H,32,34)/t25-,26+,28?,30?. The second kappa shape index (κ2) is 10.2. The number of likely N-dealkylation sites (tertiary alicyclic amines) is 1. The topological polar surface area (TPSA) is 73.8 Å². The molecule has 2 aliphatic carbocycles. The molecule has 6 rings (SSSR count). The monoisotopic (exact) mass is 489 g/mol. The molecule has 0 bridgehead atoms. The molecule has 2 heterocycles. The van der Waals surface area contributed by atoms with Gasteiger partial charge in [0.2, 0.25) is 0 Å². The molecule has 6 heteroatoms. The van der Waals surface area contributed by atoms with Crippen molar-refractivity contribution in [1.82, 2.24) is 15.5 Å². The fourth-order valence-electron chi connectivity index (χ4n) is 6.93. The minimum absolute atomic E-state index is 0.0271. The molecular weight excluding hydrogens is 450 g/mol. The van der Waals surface area contributed by atoms with Crippen molar-refractivity contribution in [2.45, 2.75) is 56.6 Å². The number of ether oxygens (including phenoxy) is 1. The molecule has 2 aromatic carbocycles. The van der Waals surface area contributed by atoms with Crippen LogP contribution >= 0.6 is 0 Å². The summed E-state index contributed by atoms with van der Waals surface area (Å²) in [6.07, 6.45) is 7.25. The quantitative estimate of drug-likeness (QED) is 0.472. The molecular formula is C30H39N3O3. The van der Waals surface area contributed by atoms with Crippen molar-refractivity contribution < 1.29 is 14.6 Å². The Bertz CT molecular complexity index is 1060. The number of rotatable bonds is 9. The Hall–Kier alpha value is -2.41. The Kier molecular flexibility index (Phi) is 6.76. The second-order valence-corrected chi connectivity index (χ2v) is 11.3. The highest BCUT2D eigenvalue weighted by atomic mass is 16.5. The Morgan fingerprint density at radius 3 is 2.61 bits per heavy atom. The number of carbonyl (C=O) groups excluding carboxylic acids is 1. The van der Waals surface area contributed by atoms with E-state index in [1.165, 1.54) is 17.5 Å². The van der Waals surface area contributed by atoms with Crippen molar-refractivity contribution in [1.29, 1.82) is 0 Å². The summed E-state index contributed by atoms with van der Waals surface area (Å²) in [6.45, 7) is 4.58. The molecule has 1 amide bonds. The van der Waals surface area contributed by atoms with Gasteiger partial charge in [-0.15, -0.1) is 0 Å². The number of hydrogen-bond donors (Lipinski definition) is 3. The molecule has 36 heavy (non-hydrogen) atoms. The van der Waals surface area contributed by atoms with Gasteiger partial charge < -0.3 is 20.1 Å². The molecule has 192 valence electrons. The lowest BCUT2D eigenvalue weighted by Crippen LogP contribution is -2.52. The summed E-state index contributed by atoms with van der Waals surface area (Å²) in [5.41, 5.74) is 2.01. The van der Waals surface area contributed by atoms with Crippen LogP contribution in [0.15, 0.2) is 48.5 Å². The van der Waals surface area contributed by atoms with E-state index in [-0.39, 0.29) is 11.8 Å². The van der Waals surface area contributed by atoms with Gasteiger partial charge in [-0.3, -0.25) is 10.1 Å². The van der Waals surface area contributed by atoms with E-state index >= 15 is 0 Å². The average molecular weight is 490 g/mol. The number of fused-ring (bicyclic) bond motifs is 2. The Balaban J connectivity index is 0.967. The number of carbonyl (C=O) groups is 1. The van der Waals surface area contributed by atoms with Gasteiger partial charge in [-0.25, -0.2) is 0 Å². The first-order valence-corrected chi connectivity index (χ1v) is 13.9. The zero-order valence-electron chi connectivity index (χ0n) is 21.1. The largest absolute Gasteiger partial charge is 0.493 e. The molecule has 1 saturated heterocycles. The van der Waals surface area contributed by atoms with E-state index in [2.05, 4.69) is 33.7 Å². The molecule has 2 aliphatic heterocycles. The van der Waals surface area contributed by atoms with Gasteiger partial charge in [0.05, 0.1) is 13.3 Å². The number of nitrogens with one attached hydrogen (secondary N) is 2. The molecule has 2 aromatic rings.